The summed E-state index contributed by atoms with van der Waals surface area (Å²) in [4.78, 5) is 21.5. The van der Waals surface area contributed by atoms with Crippen LogP contribution in [0.25, 0.3) is 0 Å². The van der Waals surface area contributed by atoms with Crippen molar-refractivity contribution in [2.24, 2.45) is 5.73 Å². The Kier molecular flexibility index (Phi) is 5.57. The third kappa shape index (κ3) is 3.69. The minimum absolute atomic E-state index is 0. The summed E-state index contributed by atoms with van der Waals surface area (Å²) in [7, 11) is 0. The van der Waals surface area contributed by atoms with Gasteiger partial charge in [0.15, 0.2) is 0 Å². The second kappa shape index (κ2) is 6.17. The zero-order valence-corrected chi connectivity index (χ0v) is 10.3. The van der Waals surface area contributed by atoms with E-state index in [-0.39, 0.29) is 24.0 Å². The van der Waals surface area contributed by atoms with E-state index in [1.807, 2.05) is 0 Å². The van der Waals surface area contributed by atoms with Crippen molar-refractivity contribution < 1.29 is 9.72 Å². The number of carbonyl (C=O) groups is 1. The Morgan fingerprint density at radius 1 is 1.53 bits per heavy atom. The summed E-state index contributed by atoms with van der Waals surface area (Å²) in [5, 5.41) is 13.2. The van der Waals surface area contributed by atoms with Gasteiger partial charge in [0.25, 0.3) is 5.69 Å². The molecule has 0 saturated carbocycles. The molecule has 0 heterocycles. The van der Waals surface area contributed by atoms with Gasteiger partial charge in [-0.25, -0.2) is 0 Å². The number of nitrogens with one attached hydrogen (secondary N) is 1. The fourth-order valence-electron chi connectivity index (χ4n) is 1.20. The van der Waals surface area contributed by atoms with E-state index in [1.54, 1.807) is 19.9 Å². The van der Waals surface area contributed by atoms with E-state index in [9.17, 15) is 14.9 Å². The van der Waals surface area contributed by atoms with E-state index in [1.165, 1.54) is 12.1 Å². The second-order valence-electron chi connectivity index (χ2n) is 3.48. The normalized spacial score (nSPS) is 11.2. The van der Waals surface area contributed by atoms with Crippen molar-refractivity contribution in [3.63, 3.8) is 0 Å². The Bertz CT molecular complexity index is 435. The number of nitro groups is 1. The predicted octanol–water partition coefficient (Wildman–Crippen LogP) is 1.61. The zero-order chi connectivity index (χ0) is 12.3. The molecule has 17 heavy (non-hydrogen) atoms. The van der Waals surface area contributed by atoms with E-state index in [0.717, 1.165) is 0 Å². The van der Waals surface area contributed by atoms with Crippen LogP contribution in [-0.4, -0.2) is 16.9 Å². The monoisotopic (exact) mass is 259 g/mol. The second-order valence-corrected chi connectivity index (χ2v) is 3.48. The van der Waals surface area contributed by atoms with E-state index >= 15 is 0 Å². The molecule has 0 aliphatic heterocycles. The van der Waals surface area contributed by atoms with Crippen LogP contribution >= 0.6 is 12.4 Å². The summed E-state index contributed by atoms with van der Waals surface area (Å²) in [5.41, 5.74) is 6.19. The molecule has 1 atom stereocenters. The molecule has 0 spiro atoms. The summed E-state index contributed by atoms with van der Waals surface area (Å²) in [6, 6.07) is 3.85. The number of amides is 1. The van der Waals surface area contributed by atoms with Gasteiger partial charge in [-0.1, -0.05) is 6.07 Å². The van der Waals surface area contributed by atoms with Gasteiger partial charge in [0, 0.05) is 6.07 Å². The number of carbonyl (C=O) groups excluding carboxylic acids is 1. The first kappa shape index (κ1) is 15.3. The standard InChI is InChI=1S/C10H13N3O3.ClH/c1-6-8(12-10(14)7(2)11)4-3-5-9(6)13(15)16;/h3-5,7H,11H2,1-2H3,(H,12,14);1H/t7-;/m0./s1. The highest BCUT2D eigenvalue weighted by Crippen LogP contribution is 2.24. The van der Waals surface area contributed by atoms with Crippen LogP contribution in [-0.2, 0) is 4.79 Å². The molecule has 1 aromatic carbocycles. The van der Waals surface area contributed by atoms with Crippen LogP contribution in [0.5, 0.6) is 0 Å². The van der Waals surface area contributed by atoms with Crippen molar-refractivity contribution in [2.45, 2.75) is 19.9 Å². The van der Waals surface area contributed by atoms with Crippen LogP contribution < -0.4 is 11.1 Å². The first-order chi connectivity index (χ1) is 7.43. The van der Waals surface area contributed by atoms with Crippen LogP contribution in [0.3, 0.4) is 0 Å². The van der Waals surface area contributed by atoms with Gasteiger partial charge in [0.1, 0.15) is 0 Å². The van der Waals surface area contributed by atoms with Crippen LogP contribution in [0.2, 0.25) is 0 Å². The molecule has 0 unspecified atom stereocenters. The molecular formula is C10H14ClN3O3. The minimum Gasteiger partial charge on any atom is -0.324 e. The van der Waals surface area contributed by atoms with Gasteiger partial charge in [-0.2, -0.15) is 0 Å². The Hall–Kier alpha value is -1.66. The summed E-state index contributed by atoms with van der Waals surface area (Å²) in [6.07, 6.45) is 0. The molecule has 0 radical (unpaired) electrons. The first-order valence-corrected chi connectivity index (χ1v) is 4.74. The van der Waals surface area contributed by atoms with Crippen LogP contribution in [0.15, 0.2) is 18.2 Å². The summed E-state index contributed by atoms with van der Waals surface area (Å²) in [5.74, 6) is -0.372. The number of hydrogen-bond donors (Lipinski definition) is 2. The number of nitro benzene ring substituents is 1. The third-order valence-corrected chi connectivity index (χ3v) is 2.17. The first-order valence-electron chi connectivity index (χ1n) is 4.74. The number of benzene rings is 1. The number of anilines is 1. The third-order valence-electron chi connectivity index (χ3n) is 2.17. The molecular weight excluding hydrogens is 246 g/mol. The summed E-state index contributed by atoms with van der Waals surface area (Å²) in [6.45, 7) is 3.12. The van der Waals surface area contributed by atoms with Crippen molar-refractivity contribution in [1.82, 2.24) is 0 Å². The van der Waals surface area contributed by atoms with Gasteiger partial charge in [0.2, 0.25) is 5.91 Å². The quantitative estimate of drug-likeness (QED) is 0.636. The molecule has 1 amide bonds. The summed E-state index contributed by atoms with van der Waals surface area (Å²) < 4.78 is 0. The zero-order valence-electron chi connectivity index (χ0n) is 9.47. The lowest BCUT2D eigenvalue weighted by atomic mass is 10.1. The van der Waals surface area contributed by atoms with Crippen LogP contribution in [0.1, 0.15) is 12.5 Å². The van der Waals surface area contributed by atoms with Gasteiger partial charge in [0.05, 0.1) is 22.2 Å². The van der Waals surface area contributed by atoms with Crippen molar-refractivity contribution in [2.75, 3.05) is 5.32 Å². The predicted molar refractivity (Wildman–Crippen MR) is 67.4 cm³/mol. The van der Waals surface area contributed by atoms with Crippen LogP contribution in [0.4, 0.5) is 11.4 Å². The smallest absolute Gasteiger partial charge is 0.274 e. The molecule has 6 nitrogen and oxygen atoms in total. The molecule has 0 bridgehead atoms. The molecule has 7 heteroatoms. The maximum absolute atomic E-state index is 11.3. The highest BCUT2D eigenvalue weighted by atomic mass is 35.5. The van der Waals surface area contributed by atoms with Crippen molar-refractivity contribution >= 4 is 29.7 Å². The largest absolute Gasteiger partial charge is 0.324 e. The SMILES string of the molecule is Cc1c(NC(=O)[C@H](C)N)cccc1[N+](=O)[O-].Cl. The molecule has 0 aromatic heterocycles. The average Bonchev–Trinajstić information content (AvgIpc) is 2.20. The average molecular weight is 260 g/mol. The minimum atomic E-state index is -0.654. The number of rotatable bonds is 3. The molecule has 0 saturated heterocycles. The number of nitrogens with two attached hydrogens (primary N) is 1. The van der Waals surface area contributed by atoms with Gasteiger partial charge < -0.3 is 11.1 Å². The van der Waals surface area contributed by atoms with Gasteiger partial charge in [-0.05, 0) is 19.9 Å². The van der Waals surface area contributed by atoms with Crippen molar-refractivity contribution in [3.8, 4) is 0 Å². The van der Waals surface area contributed by atoms with Crippen molar-refractivity contribution in [1.29, 1.82) is 0 Å². The van der Waals surface area contributed by atoms with E-state index in [2.05, 4.69) is 5.32 Å². The number of halogens is 1. The van der Waals surface area contributed by atoms with E-state index < -0.39 is 11.0 Å². The maximum atomic E-state index is 11.3. The Morgan fingerprint density at radius 3 is 2.59 bits per heavy atom. The molecule has 1 aromatic rings. The lowest BCUT2D eigenvalue weighted by Gasteiger charge is -2.10. The topological polar surface area (TPSA) is 98.3 Å². The molecule has 0 fully saturated rings. The fourth-order valence-corrected chi connectivity index (χ4v) is 1.20. The van der Waals surface area contributed by atoms with Gasteiger partial charge in [-0.3, -0.25) is 14.9 Å². The molecule has 3 N–H and O–H groups in total. The van der Waals surface area contributed by atoms with E-state index in [0.29, 0.717) is 11.3 Å². The van der Waals surface area contributed by atoms with Crippen LogP contribution in [0, 0.1) is 17.0 Å². The number of hydrogen-bond acceptors (Lipinski definition) is 4. The molecule has 1 rings (SSSR count). The highest BCUT2D eigenvalue weighted by Gasteiger charge is 2.15. The summed E-state index contributed by atoms with van der Waals surface area (Å²) >= 11 is 0. The Morgan fingerprint density at radius 2 is 2.12 bits per heavy atom. The maximum Gasteiger partial charge on any atom is 0.274 e. The lowest BCUT2D eigenvalue weighted by molar-refractivity contribution is -0.385. The Labute approximate surface area is 105 Å². The van der Waals surface area contributed by atoms with Crippen molar-refractivity contribution in [3.05, 3.63) is 33.9 Å². The molecule has 94 valence electrons. The van der Waals surface area contributed by atoms with Gasteiger partial charge in [-0.15, -0.1) is 12.4 Å². The highest BCUT2D eigenvalue weighted by molar-refractivity contribution is 5.95. The lowest BCUT2D eigenvalue weighted by Crippen LogP contribution is -2.32. The fraction of sp³-hybridized carbons (Fsp3) is 0.300. The van der Waals surface area contributed by atoms with Gasteiger partial charge >= 0.3 is 0 Å². The molecule has 0 aliphatic carbocycles. The van der Waals surface area contributed by atoms with E-state index in [4.69, 9.17) is 5.73 Å². The number of nitrogens with zero attached hydrogens (tertiary/aromatic N) is 1. The molecule has 0 aliphatic rings. The Balaban J connectivity index is 0.00000256.